The van der Waals surface area contributed by atoms with Gasteiger partial charge in [0.15, 0.2) is 0 Å². The van der Waals surface area contributed by atoms with Crippen LogP contribution >= 0.6 is 0 Å². The molecule has 1 atom stereocenters. The highest BCUT2D eigenvalue weighted by atomic mass is 16.6. The lowest BCUT2D eigenvalue weighted by molar-refractivity contribution is -0.144. The van der Waals surface area contributed by atoms with Gasteiger partial charge < -0.3 is 20.5 Å². The lowest BCUT2D eigenvalue weighted by Gasteiger charge is -2.14. The standard InChI is InChI=1S/C13H16N2O5/c1-19-12(17)10(7-11(14)16)15-13(18)20-8-9-5-3-2-4-6-9/h2-6,10H,7-8H2,1H3,(H2,14,16)(H,15,18)/t10-/m0/s1. The number of alkyl carbamates (subject to hydrolysis) is 1. The zero-order valence-corrected chi connectivity index (χ0v) is 11.0. The molecule has 1 aromatic rings. The van der Waals surface area contributed by atoms with E-state index in [0.29, 0.717) is 0 Å². The van der Waals surface area contributed by atoms with Gasteiger partial charge in [0.1, 0.15) is 12.6 Å². The van der Waals surface area contributed by atoms with E-state index in [1.807, 2.05) is 6.07 Å². The highest BCUT2D eigenvalue weighted by molar-refractivity contribution is 5.87. The van der Waals surface area contributed by atoms with Gasteiger partial charge in [-0.05, 0) is 5.56 Å². The van der Waals surface area contributed by atoms with Crippen molar-refractivity contribution in [3.8, 4) is 0 Å². The predicted octanol–water partition coefficient (Wildman–Crippen LogP) is 0.330. The molecule has 0 aliphatic carbocycles. The van der Waals surface area contributed by atoms with Crippen molar-refractivity contribution in [2.45, 2.75) is 19.1 Å². The van der Waals surface area contributed by atoms with E-state index < -0.39 is 24.0 Å². The molecule has 3 N–H and O–H groups in total. The number of benzene rings is 1. The van der Waals surface area contributed by atoms with E-state index in [-0.39, 0.29) is 13.0 Å². The zero-order valence-electron chi connectivity index (χ0n) is 11.0. The summed E-state index contributed by atoms with van der Waals surface area (Å²) in [7, 11) is 1.15. The topological polar surface area (TPSA) is 108 Å². The molecule has 2 amide bonds. The van der Waals surface area contributed by atoms with Gasteiger partial charge in [0.25, 0.3) is 0 Å². The quantitative estimate of drug-likeness (QED) is 0.730. The fourth-order valence-electron chi connectivity index (χ4n) is 1.44. The van der Waals surface area contributed by atoms with E-state index >= 15 is 0 Å². The van der Waals surface area contributed by atoms with Crippen molar-refractivity contribution in [1.82, 2.24) is 5.32 Å². The average molecular weight is 280 g/mol. The molecule has 0 radical (unpaired) electrons. The van der Waals surface area contributed by atoms with E-state index in [1.54, 1.807) is 24.3 Å². The van der Waals surface area contributed by atoms with Gasteiger partial charge >= 0.3 is 12.1 Å². The van der Waals surface area contributed by atoms with Gasteiger partial charge in [-0.15, -0.1) is 0 Å². The maximum absolute atomic E-state index is 11.5. The van der Waals surface area contributed by atoms with Crippen LogP contribution in [0, 0.1) is 0 Å². The second-order valence-corrected chi connectivity index (χ2v) is 3.95. The van der Waals surface area contributed by atoms with Crippen LogP contribution in [0.2, 0.25) is 0 Å². The van der Waals surface area contributed by atoms with Gasteiger partial charge in [-0.1, -0.05) is 30.3 Å². The molecule has 1 rings (SSSR count). The lowest BCUT2D eigenvalue weighted by atomic mass is 10.2. The van der Waals surface area contributed by atoms with Gasteiger partial charge in [-0.3, -0.25) is 4.79 Å². The Morgan fingerprint density at radius 3 is 2.45 bits per heavy atom. The Labute approximate surface area is 116 Å². The number of carbonyl (C=O) groups is 3. The monoisotopic (exact) mass is 280 g/mol. The SMILES string of the molecule is COC(=O)[C@H](CC(N)=O)NC(=O)OCc1ccccc1. The number of primary amides is 1. The average Bonchev–Trinajstić information content (AvgIpc) is 2.44. The zero-order chi connectivity index (χ0) is 15.0. The minimum Gasteiger partial charge on any atom is -0.467 e. The first kappa shape index (κ1) is 15.5. The van der Waals surface area contributed by atoms with Crippen LogP contribution in [-0.4, -0.2) is 31.1 Å². The van der Waals surface area contributed by atoms with E-state index in [0.717, 1.165) is 12.7 Å². The highest BCUT2D eigenvalue weighted by Gasteiger charge is 2.24. The number of rotatable bonds is 6. The lowest BCUT2D eigenvalue weighted by Crippen LogP contribution is -2.44. The Bertz CT molecular complexity index is 475. The Morgan fingerprint density at radius 2 is 1.90 bits per heavy atom. The molecule has 0 saturated heterocycles. The summed E-state index contributed by atoms with van der Waals surface area (Å²) >= 11 is 0. The Morgan fingerprint density at radius 1 is 1.25 bits per heavy atom. The summed E-state index contributed by atoms with van der Waals surface area (Å²) in [5.41, 5.74) is 5.79. The molecule has 1 aromatic carbocycles. The molecule has 7 nitrogen and oxygen atoms in total. The van der Waals surface area contributed by atoms with Crippen molar-refractivity contribution in [1.29, 1.82) is 0 Å². The number of methoxy groups -OCH3 is 1. The molecule has 0 unspecified atom stereocenters. The molecule has 0 saturated carbocycles. The Balaban J connectivity index is 2.49. The second kappa shape index (κ2) is 7.78. The van der Waals surface area contributed by atoms with Crippen molar-refractivity contribution >= 4 is 18.0 Å². The van der Waals surface area contributed by atoms with Gasteiger partial charge in [0.2, 0.25) is 5.91 Å². The largest absolute Gasteiger partial charge is 0.467 e. The molecule has 0 aliphatic rings. The second-order valence-electron chi connectivity index (χ2n) is 3.95. The first-order valence-corrected chi connectivity index (χ1v) is 5.86. The normalized spacial score (nSPS) is 11.2. The summed E-state index contributed by atoms with van der Waals surface area (Å²) in [6.07, 6.45) is -1.18. The number of hydrogen-bond acceptors (Lipinski definition) is 5. The molecule has 20 heavy (non-hydrogen) atoms. The summed E-state index contributed by atoms with van der Waals surface area (Å²) in [6, 6.07) is 7.87. The fourth-order valence-corrected chi connectivity index (χ4v) is 1.44. The third kappa shape index (κ3) is 5.38. The van der Waals surface area contributed by atoms with Crippen molar-refractivity contribution in [3.63, 3.8) is 0 Å². The Hall–Kier alpha value is -2.57. The van der Waals surface area contributed by atoms with E-state index in [2.05, 4.69) is 10.1 Å². The predicted molar refractivity (Wildman–Crippen MR) is 69.4 cm³/mol. The first-order valence-electron chi connectivity index (χ1n) is 5.86. The summed E-state index contributed by atoms with van der Waals surface area (Å²) in [5, 5.41) is 2.23. The van der Waals surface area contributed by atoms with E-state index in [9.17, 15) is 14.4 Å². The molecule has 0 heterocycles. The van der Waals surface area contributed by atoms with Crippen LogP contribution < -0.4 is 11.1 Å². The number of ether oxygens (including phenoxy) is 2. The van der Waals surface area contributed by atoms with Crippen LogP contribution in [0.3, 0.4) is 0 Å². The van der Waals surface area contributed by atoms with E-state index in [1.165, 1.54) is 0 Å². The molecule has 0 fully saturated rings. The van der Waals surface area contributed by atoms with Gasteiger partial charge in [-0.2, -0.15) is 0 Å². The summed E-state index contributed by atoms with van der Waals surface area (Å²) in [5.74, 6) is -1.50. The third-order valence-electron chi connectivity index (χ3n) is 2.40. The summed E-state index contributed by atoms with van der Waals surface area (Å²) in [4.78, 5) is 33.7. The van der Waals surface area contributed by atoms with Crippen LogP contribution in [0.5, 0.6) is 0 Å². The van der Waals surface area contributed by atoms with Gasteiger partial charge in [0, 0.05) is 0 Å². The smallest absolute Gasteiger partial charge is 0.408 e. The van der Waals surface area contributed by atoms with Crippen LogP contribution in [0.25, 0.3) is 0 Å². The molecule has 0 aromatic heterocycles. The van der Waals surface area contributed by atoms with Crippen molar-refractivity contribution in [2.75, 3.05) is 7.11 Å². The van der Waals surface area contributed by atoms with Crippen molar-refractivity contribution in [2.24, 2.45) is 5.73 Å². The number of amides is 2. The number of carbonyl (C=O) groups excluding carboxylic acids is 3. The molecular formula is C13H16N2O5. The van der Waals surface area contributed by atoms with Gasteiger partial charge in [-0.25, -0.2) is 9.59 Å². The number of esters is 1. The molecule has 108 valence electrons. The van der Waals surface area contributed by atoms with Crippen LogP contribution in [0.15, 0.2) is 30.3 Å². The minimum atomic E-state index is -1.15. The van der Waals surface area contributed by atoms with Gasteiger partial charge in [0.05, 0.1) is 13.5 Å². The maximum atomic E-state index is 11.5. The number of nitrogens with one attached hydrogen (secondary N) is 1. The summed E-state index contributed by atoms with van der Waals surface area (Å²) in [6.45, 7) is 0.0527. The number of nitrogens with two attached hydrogens (primary N) is 1. The van der Waals surface area contributed by atoms with Crippen LogP contribution in [0.4, 0.5) is 4.79 Å². The van der Waals surface area contributed by atoms with Crippen molar-refractivity contribution < 1.29 is 23.9 Å². The molecule has 0 spiro atoms. The molecule has 0 bridgehead atoms. The Kier molecular flexibility index (Phi) is 6.02. The molecule has 0 aliphatic heterocycles. The minimum absolute atomic E-state index is 0.0527. The van der Waals surface area contributed by atoms with Crippen LogP contribution in [0.1, 0.15) is 12.0 Å². The van der Waals surface area contributed by atoms with Crippen molar-refractivity contribution in [3.05, 3.63) is 35.9 Å². The fraction of sp³-hybridized carbons (Fsp3) is 0.308. The number of hydrogen-bond donors (Lipinski definition) is 2. The third-order valence-corrected chi connectivity index (χ3v) is 2.40. The van der Waals surface area contributed by atoms with E-state index in [4.69, 9.17) is 10.5 Å². The summed E-state index contributed by atoms with van der Waals surface area (Å²) < 4.78 is 9.38. The molecular weight excluding hydrogens is 264 g/mol. The first-order chi connectivity index (χ1) is 9.52. The molecule has 7 heteroatoms. The van der Waals surface area contributed by atoms with Crippen LogP contribution in [-0.2, 0) is 25.7 Å². The maximum Gasteiger partial charge on any atom is 0.408 e. The highest BCUT2D eigenvalue weighted by Crippen LogP contribution is 2.02.